The van der Waals surface area contributed by atoms with Crippen LogP contribution in [0, 0.1) is 5.82 Å². The van der Waals surface area contributed by atoms with Gasteiger partial charge in [-0.3, -0.25) is 0 Å². The molecule has 1 aromatic heterocycles. The fourth-order valence-corrected chi connectivity index (χ4v) is 2.06. The molecule has 0 amide bonds. The van der Waals surface area contributed by atoms with E-state index >= 15 is 0 Å². The predicted octanol–water partition coefficient (Wildman–Crippen LogP) is 2.48. The molecule has 0 saturated heterocycles. The number of pyridine rings is 1. The Bertz CT molecular complexity index is 590. The Labute approximate surface area is 117 Å². The first kappa shape index (κ1) is 14.3. The van der Waals surface area contributed by atoms with Gasteiger partial charge in [0.05, 0.1) is 14.2 Å². The van der Waals surface area contributed by atoms with Crippen molar-refractivity contribution in [3.8, 4) is 11.6 Å². The van der Waals surface area contributed by atoms with Crippen LogP contribution in [-0.2, 0) is 6.42 Å². The van der Waals surface area contributed by atoms with Crippen molar-refractivity contribution in [3.63, 3.8) is 0 Å². The lowest BCUT2D eigenvalue weighted by Gasteiger charge is -2.15. The van der Waals surface area contributed by atoms with Crippen molar-refractivity contribution in [1.82, 2.24) is 4.98 Å². The summed E-state index contributed by atoms with van der Waals surface area (Å²) < 4.78 is 23.7. The van der Waals surface area contributed by atoms with Gasteiger partial charge >= 0.3 is 0 Å². The number of halogens is 1. The molecule has 0 aliphatic rings. The Kier molecular flexibility index (Phi) is 4.53. The minimum absolute atomic E-state index is 0.223. The monoisotopic (exact) mass is 276 g/mol. The number of nitrogens with two attached hydrogens (primary N) is 1. The molecule has 1 heterocycles. The maximum Gasteiger partial charge on any atom is 0.217 e. The predicted molar refractivity (Wildman–Crippen MR) is 74.4 cm³/mol. The zero-order valence-electron chi connectivity index (χ0n) is 11.5. The highest BCUT2D eigenvalue weighted by Gasteiger charge is 2.14. The number of methoxy groups -OCH3 is 2. The molecule has 0 aliphatic heterocycles. The van der Waals surface area contributed by atoms with Crippen LogP contribution in [0.25, 0.3) is 0 Å². The highest BCUT2D eigenvalue weighted by Crippen LogP contribution is 2.25. The molecule has 20 heavy (non-hydrogen) atoms. The Morgan fingerprint density at radius 3 is 2.70 bits per heavy atom. The third-order valence-electron chi connectivity index (χ3n) is 3.07. The van der Waals surface area contributed by atoms with Crippen molar-refractivity contribution >= 4 is 0 Å². The van der Waals surface area contributed by atoms with Gasteiger partial charge in [0.25, 0.3) is 0 Å². The number of benzene rings is 1. The van der Waals surface area contributed by atoms with Crippen LogP contribution in [0.3, 0.4) is 0 Å². The summed E-state index contributed by atoms with van der Waals surface area (Å²) in [5.41, 5.74) is 7.74. The molecule has 106 valence electrons. The Morgan fingerprint density at radius 2 is 2.05 bits per heavy atom. The van der Waals surface area contributed by atoms with Crippen LogP contribution < -0.4 is 15.2 Å². The van der Waals surface area contributed by atoms with Crippen LogP contribution in [0.2, 0.25) is 0 Å². The summed E-state index contributed by atoms with van der Waals surface area (Å²) in [6.45, 7) is 0. The van der Waals surface area contributed by atoms with Crippen LogP contribution in [0.1, 0.15) is 17.2 Å². The quantitative estimate of drug-likeness (QED) is 0.911. The summed E-state index contributed by atoms with van der Waals surface area (Å²) in [6, 6.07) is 8.17. The second kappa shape index (κ2) is 6.34. The van der Waals surface area contributed by atoms with Crippen molar-refractivity contribution in [2.75, 3.05) is 14.2 Å². The number of hydrogen-bond acceptors (Lipinski definition) is 4. The van der Waals surface area contributed by atoms with Gasteiger partial charge in [0.15, 0.2) is 11.6 Å². The summed E-state index contributed by atoms with van der Waals surface area (Å²) in [6.07, 6.45) is 2.13. The molecule has 0 saturated carbocycles. The standard InChI is InChI=1S/C15H17FN2O2/c1-19-14-6-5-10(8-12(14)16)9-13(17)11-4-3-7-18-15(11)20-2/h3-8,13H,9,17H2,1-2H3. The molecule has 1 atom stereocenters. The average molecular weight is 276 g/mol. The normalized spacial score (nSPS) is 12.0. The molecule has 2 rings (SSSR count). The van der Waals surface area contributed by atoms with Crippen molar-refractivity contribution in [2.45, 2.75) is 12.5 Å². The Balaban J connectivity index is 2.19. The van der Waals surface area contributed by atoms with Crippen LogP contribution >= 0.6 is 0 Å². The highest BCUT2D eigenvalue weighted by molar-refractivity contribution is 5.33. The molecule has 0 radical (unpaired) electrons. The third-order valence-corrected chi connectivity index (χ3v) is 3.07. The van der Waals surface area contributed by atoms with Gasteiger partial charge in [0.1, 0.15) is 0 Å². The largest absolute Gasteiger partial charge is 0.494 e. The first-order valence-corrected chi connectivity index (χ1v) is 6.22. The Hall–Kier alpha value is -2.14. The van der Waals surface area contributed by atoms with Crippen LogP contribution in [0.5, 0.6) is 11.6 Å². The number of rotatable bonds is 5. The van der Waals surface area contributed by atoms with E-state index in [0.29, 0.717) is 12.3 Å². The van der Waals surface area contributed by atoms with Crippen molar-refractivity contribution < 1.29 is 13.9 Å². The van der Waals surface area contributed by atoms with E-state index in [2.05, 4.69) is 4.98 Å². The maximum absolute atomic E-state index is 13.6. The summed E-state index contributed by atoms with van der Waals surface area (Å²) >= 11 is 0. The highest BCUT2D eigenvalue weighted by atomic mass is 19.1. The van der Waals surface area contributed by atoms with E-state index in [-0.39, 0.29) is 11.8 Å². The van der Waals surface area contributed by atoms with Gasteiger partial charge in [-0.25, -0.2) is 9.37 Å². The smallest absolute Gasteiger partial charge is 0.217 e. The van der Waals surface area contributed by atoms with Crippen LogP contribution in [-0.4, -0.2) is 19.2 Å². The summed E-state index contributed by atoms with van der Waals surface area (Å²) in [4.78, 5) is 4.11. The van der Waals surface area contributed by atoms with Gasteiger partial charge in [0, 0.05) is 17.8 Å². The molecule has 0 fully saturated rings. The molecular formula is C15H17FN2O2. The van der Waals surface area contributed by atoms with Gasteiger partial charge < -0.3 is 15.2 Å². The minimum Gasteiger partial charge on any atom is -0.494 e. The van der Waals surface area contributed by atoms with Crippen molar-refractivity contribution in [1.29, 1.82) is 0 Å². The topological polar surface area (TPSA) is 57.4 Å². The third kappa shape index (κ3) is 3.05. The van der Waals surface area contributed by atoms with E-state index < -0.39 is 5.82 Å². The van der Waals surface area contributed by atoms with Crippen LogP contribution in [0.15, 0.2) is 36.5 Å². The molecule has 4 nitrogen and oxygen atoms in total. The molecule has 2 N–H and O–H groups in total. The first-order valence-electron chi connectivity index (χ1n) is 6.22. The first-order chi connectivity index (χ1) is 9.65. The number of ether oxygens (including phenoxy) is 2. The fraction of sp³-hybridized carbons (Fsp3) is 0.267. The van der Waals surface area contributed by atoms with E-state index in [4.69, 9.17) is 15.2 Å². The summed E-state index contributed by atoms with van der Waals surface area (Å²) in [5, 5.41) is 0. The van der Waals surface area contributed by atoms with Gasteiger partial charge in [-0.15, -0.1) is 0 Å². The lowest BCUT2D eigenvalue weighted by molar-refractivity contribution is 0.385. The van der Waals surface area contributed by atoms with Crippen LogP contribution in [0.4, 0.5) is 4.39 Å². The number of aromatic nitrogens is 1. The Morgan fingerprint density at radius 1 is 1.25 bits per heavy atom. The lowest BCUT2D eigenvalue weighted by Crippen LogP contribution is -2.15. The lowest BCUT2D eigenvalue weighted by atomic mass is 10.0. The molecular weight excluding hydrogens is 259 g/mol. The van der Waals surface area contributed by atoms with E-state index in [0.717, 1.165) is 11.1 Å². The van der Waals surface area contributed by atoms with Gasteiger partial charge in [-0.2, -0.15) is 0 Å². The van der Waals surface area contributed by atoms with E-state index in [1.807, 2.05) is 6.07 Å². The SMILES string of the molecule is COc1ccc(CC(N)c2cccnc2OC)cc1F. The van der Waals surface area contributed by atoms with Gasteiger partial charge in [-0.1, -0.05) is 12.1 Å². The summed E-state index contributed by atoms with van der Waals surface area (Å²) in [5.74, 6) is 0.325. The van der Waals surface area contributed by atoms with E-state index in [1.165, 1.54) is 13.2 Å². The summed E-state index contributed by atoms with van der Waals surface area (Å²) in [7, 11) is 2.98. The zero-order chi connectivity index (χ0) is 14.5. The molecule has 2 aromatic rings. The molecule has 1 unspecified atom stereocenters. The fourth-order valence-electron chi connectivity index (χ4n) is 2.06. The second-order valence-electron chi connectivity index (χ2n) is 4.38. The van der Waals surface area contributed by atoms with Crippen molar-refractivity contribution in [3.05, 3.63) is 53.5 Å². The zero-order valence-corrected chi connectivity index (χ0v) is 11.5. The average Bonchev–Trinajstić information content (AvgIpc) is 2.47. The second-order valence-corrected chi connectivity index (χ2v) is 4.38. The van der Waals surface area contributed by atoms with Crippen molar-refractivity contribution in [2.24, 2.45) is 5.73 Å². The van der Waals surface area contributed by atoms with E-state index in [1.54, 1.807) is 31.5 Å². The molecule has 5 heteroatoms. The molecule has 0 spiro atoms. The minimum atomic E-state index is -0.393. The molecule has 0 aliphatic carbocycles. The number of hydrogen-bond donors (Lipinski definition) is 1. The molecule has 0 bridgehead atoms. The number of nitrogens with zero attached hydrogens (tertiary/aromatic N) is 1. The van der Waals surface area contributed by atoms with E-state index in [9.17, 15) is 4.39 Å². The van der Waals surface area contributed by atoms with Gasteiger partial charge in [-0.05, 0) is 30.2 Å². The molecule has 1 aromatic carbocycles. The van der Waals surface area contributed by atoms with Gasteiger partial charge in [0.2, 0.25) is 5.88 Å². The maximum atomic E-state index is 13.6.